The zero-order valence-corrected chi connectivity index (χ0v) is 17.1. The van der Waals surface area contributed by atoms with Crippen molar-refractivity contribution in [1.82, 2.24) is 9.88 Å². The Morgan fingerprint density at radius 3 is 2.64 bits per heavy atom. The standard InChI is InChI=1S/C17H24N4OS.2ClH/c1-12(13(2)18)17(22)20-15-6-4-5-14(7-15)8-21(3)9-16-10-23-11-19-16;;/h4-7,10-13H,8-9,18H2,1-3H3,(H,20,22);2*1H. The van der Waals surface area contributed by atoms with Crippen molar-refractivity contribution in [2.45, 2.75) is 33.0 Å². The molecule has 25 heavy (non-hydrogen) atoms. The number of benzene rings is 1. The minimum absolute atomic E-state index is 0. The third-order valence-electron chi connectivity index (χ3n) is 3.76. The second-order valence-corrected chi connectivity index (χ2v) is 6.71. The zero-order valence-electron chi connectivity index (χ0n) is 14.6. The molecule has 2 atom stereocenters. The number of anilines is 1. The minimum atomic E-state index is -0.217. The molecule has 1 heterocycles. The van der Waals surface area contributed by atoms with E-state index in [9.17, 15) is 4.79 Å². The summed E-state index contributed by atoms with van der Waals surface area (Å²) in [5.41, 5.74) is 10.7. The first kappa shape index (κ1) is 23.8. The Labute approximate surface area is 165 Å². The second kappa shape index (κ2) is 11.4. The normalized spacial score (nSPS) is 12.7. The highest BCUT2D eigenvalue weighted by Gasteiger charge is 2.17. The average Bonchev–Trinajstić information content (AvgIpc) is 2.99. The summed E-state index contributed by atoms with van der Waals surface area (Å²) in [6, 6.07) is 7.75. The molecule has 1 amide bonds. The van der Waals surface area contributed by atoms with Crippen LogP contribution in [0.25, 0.3) is 0 Å². The molecular formula is C17H26Cl2N4OS. The van der Waals surface area contributed by atoms with Crippen molar-refractivity contribution in [1.29, 1.82) is 0 Å². The van der Waals surface area contributed by atoms with E-state index in [1.807, 2.05) is 37.6 Å². The van der Waals surface area contributed by atoms with Gasteiger partial charge in [-0.2, -0.15) is 0 Å². The topological polar surface area (TPSA) is 71.2 Å². The number of nitrogens with one attached hydrogen (secondary N) is 1. The lowest BCUT2D eigenvalue weighted by atomic mass is 10.0. The van der Waals surface area contributed by atoms with Crippen molar-refractivity contribution in [3.63, 3.8) is 0 Å². The van der Waals surface area contributed by atoms with Crippen molar-refractivity contribution in [3.05, 3.63) is 46.4 Å². The molecule has 0 aliphatic rings. The first-order chi connectivity index (χ1) is 11.0. The maximum absolute atomic E-state index is 12.1. The molecule has 2 aromatic rings. The molecule has 0 fully saturated rings. The lowest BCUT2D eigenvalue weighted by Gasteiger charge is -2.17. The number of aromatic nitrogens is 1. The van der Waals surface area contributed by atoms with Gasteiger partial charge in [0.05, 0.1) is 17.1 Å². The maximum atomic E-state index is 12.1. The molecule has 5 nitrogen and oxygen atoms in total. The van der Waals surface area contributed by atoms with Crippen molar-refractivity contribution < 1.29 is 4.79 Å². The molecule has 2 rings (SSSR count). The molecular weight excluding hydrogens is 379 g/mol. The number of nitrogens with two attached hydrogens (primary N) is 1. The molecule has 8 heteroatoms. The molecule has 0 bridgehead atoms. The summed E-state index contributed by atoms with van der Waals surface area (Å²) in [4.78, 5) is 18.6. The maximum Gasteiger partial charge on any atom is 0.228 e. The smallest absolute Gasteiger partial charge is 0.228 e. The van der Waals surface area contributed by atoms with Gasteiger partial charge < -0.3 is 11.1 Å². The summed E-state index contributed by atoms with van der Waals surface area (Å²) in [5, 5.41) is 4.99. The quantitative estimate of drug-likeness (QED) is 0.739. The van der Waals surface area contributed by atoms with Crippen LogP contribution < -0.4 is 11.1 Å². The van der Waals surface area contributed by atoms with Gasteiger partial charge in [-0.25, -0.2) is 4.98 Å². The van der Waals surface area contributed by atoms with Gasteiger partial charge in [-0.05, 0) is 31.7 Å². The number of hydrogen-bond acceptors (Lipinski definition) is 5. The minimum Gasteiger partial charge on any atom is -0.327 e. The average molecular weight is 405 g/mol. The second-order valence-electron chi connectivity index (χ2n) is 5.99. The van der Waals surface area contributed by atoms with Crippen molar-refractivity contribution >= 4 is 47.7 Å². The monoisotopic (exact) mass is 404 g/mol. The Morgan fingerprint density at radius 2 is 2.04 bits per heavy atom. The largest absolute Gasteiger partial charge is 0.327 e. The van der Waals surface area contributed by atoms with Gasteiger partial charge in [0.15, 0.2) is 0 Å². The summed E-state index contributed by atoms with van der Waals surface area (Å²) < 4.78 is 0. The summed E-state index contributed by atoms with van der Waals surface area (Å²) >= 11 is 1.61. The molecule has 140 valence electrons. The fourth-order valence-electron chi connectivity index (χ4n) is 2.20. The number of nitrogens with zero attached hydrogens (tertiary/aromatic N) is 2. The highest BCUT2D eigenvalue weighted by Crippen LogP contribution is 2.15. The van der Waals surface area contributed by atoms with Crippen LogP contribution in [0.1, 0.15) is 25.1 Å². The Balaban J connectivity index is 0.00000288. The number of carbonyl (C=O) groups is 1. The van der Waals surface area contributed by atoms with Gasteiger partial charge in [0, 0.05) is 30.2 Å². The van der Waals surface area contributed by atoms with E-state index in [4.69, 9.17) is 5.73 Å². The molecule has 0 aliphatic carbocycles. The molecule has 0 radical (unpaired) electrons. The number of carbonyl (C=O) groups excluding carboxylic acids is 1. The predicted molar refractivity (Wildman–Crippen MR) is 110 cm³/mol. The van der Waals surface area contributed by atoms with Gasteiger partial charge in [0.25, 0.3) is 0 Å². The van der Waals surface area contributed by atoms with Gasteiger partial charge in [0.1, 0.15) is 0 Å². The van der Waals surface area contributed by atoms with E-state index in [-0.39, 0.29) is 42.7 Å². The SMILES string of the molecule is CC(N)C(C)C(=O)Nc1cccc(CN(C)Cc2cscn2)c1.Cl.Cl. The molecule has 1 aromatic heterocycles. The van der Waals surface area contributed by atoms with Crippen LogP contribution in [0.3, 0.4) is 0 Å². The van der Waals surface area contributed by atoms with E-state index in [1.165, 1.54) is 0 Å². The molecule has 1 aromatic carbocycles. The highest BCUT2D eigenvalue weighted by molar-refractivity contribution is 7.07. The van der Waals surface area contributed by atoms with Gasteiger partial charge in [-0.1, -0.05) is 19.1 Å². The fraction of sp³-hybridized carbons (Fsp3) is 0.412. The summed E-state index contributed by atoms with van der Waals surface area (Å²) in [7, 11) is 2.06. The van der Waals surface area contributed by atoms with Crippen LogP contribution in [0, 0.1) is 5.92 Å². The number of rotatable bonds is 7. The van der Waals surface area contributed by atoms with Crippen LogP contribution in [-0.4, -0.2) is 28.9 Å². The Bertz CT molecular complexity index is 637. The number of hydrogen-bond donors (Lipinski definition) is 2. The molecule has 2 unspecified atom stereocenters. The van der Waals surface area contributed by atoms with Gasteiger partial charge >= 0.3 is 0 Å². The summed E-state index contributed by atoms with van der Waals surface area (Å²) in [6.45, 7) is 5.28. The first-order valence-corrected chi connectivity index (χ1v) is 8.61. The van der Waals surface area contributed by atoms with Crippen LogP contribution in [0.5, 0.6) is 0 Å². The van der Waals surface area contributed by atoms with E-state index in [2.05, 4.69) is 33.7 Å². The molecule has 3 N–H and O–H groups in total. The van der Waals surface area contributed by atoms with E-state index < -0.39 is 0 Å². The van der Waals surface area contributed by atoms with Crippen LogP contribution in [0.2, 0.25) is 0 Å². The first-order valence-electron chi connectivity index (χ1n) is 7.66. The number of thiazole rings is 1. The molecule has 0 saturated heterocycles. The number of halogens is 2. The summed E-state index contributed by atoms with van der Waals surface area (Å²) in [6.07, 6.45) is 0. The van der Waals surface area contributed by atoms with E-state index in [0.717, 1.165) is 30.0 Å². The van der Waals surface area contributed by atoms with Gasteiger partial charge in [0.2, 0.25) is 5.91 Å². The van der Waals surface area contributed by atoms with E-state index in [0.29, 0.717) is 0 Å². The van der Waals surface area contributed by atoms with Crippen LogP contribution >= 0.6 is 36.2 Å². The zero-order chi connectivity index (χ0) is 16.8. The Kier molecular flexibility index (Phi) is 10.9. The van der Waals surface area contributed by atoms with Crippen LogP contribution in [0.4, 0.5) is 5.69 Å². The number of amides is 1. The fourth-order valence-corrected chi connectivity index (χ4v) is 2.75. The highest BCUT2D eigenvalue weighted by atomic mass is 35.5. The van der Waals surface area contributed by atoms with Crippen LogP contribution in [0.15, 0.2) is 35.2 Å². The van der Waals surface area contributed by atoms with Gasteiger partial charge in [-0.3, -0.25) is 9.69 Å². The van der Waals surface area contributed by atoms with Gasteiger partial charge in [-0.15, -0.1) is 36.2 Å². The van der Waals surface area contributed by atoms with E-state index >= 15 is 0 Å². The van der Waals surface area contributed by atoms with Crippen molar-refractivity contribution in [2.24, 2.45) is 11.7 Å². The molecule has 0 saturated carbocycles. The van der Waals surface area contributed by atoms with E-state index in [1.54, 1.807) is 11.3 Å². The van der Waals surface area contributed by atoms with Crippen molar-refractivity contribution in [2.75, 3.05) is 12.4 Å². The third-order valence-corrected chi connectivity index (χ3v) is 4.40. The third kappa shape index (κ3) is 7.71. The molecule has 0 aliphatic heterocycles. The lowest BCUT2D eigenvalue weighted by molar-refractivity contribution is -0.119. The molecule has 0 spiro atoms. The van der Waals surface area contributed by atoms with Crippen LogP contribution in [-0.2, 0) is 17.9 Å². The lowest BCUT2D eigenvalue weighted by Crippen LogP contribution is -2.34. The van der Waals surface area contributed by atoms with Crippen molar-refractivity contribution in [3.8, 4) is 0 Å². The predicted octanol–water partition coefficient (Wildman–Crippen LogP) is 3.54. The Morgan fingerprint density at radius 1 is 1.32 bits per heavy atom. The summed E-state index contributed by atoms with van der Waals surface area (Å²) in [5.74, 6) is -0.265. The Hall–Kier alpha value is -1.18.